The van der Waals surface area contributed by atoms with Crippen LogP contribution >= 0.6 is 11.6 Å². The summed E-state index contributed by atoms with van der Waals surface area (Å²) in [5.74, 6) is 0.0968. The topological polar surface area (TPSA) is 45.9 Å². The summed E-state index contributed by atoms with van der Waals surface area (Å²) < 4.78 is 18.5. The zero-order chi connectivity index (χ0) is 13.1. The quantitative estimate of drug-likeness (QED) is 0.773. The van der Waals surface area contributed by atoms with Crippen molar-refractivity contribution in [2.24, 2.45) is 0 Å². The number of halogens is 2. The molecule has 0 saturated heterocycles. The van der Waals surface area contributed by atoms with E-state index in [1.54, 1.807) is 13.0 Å². The zero-order valence-electron chi connectivity index (χ0n) is 9.45. The normalized spacial score (nSPS) is 9.89. The Morgan fingerprint density at radius 2 is 2.11 bits per heavy atom. The van der Waals surface area contributed by atoms with E-state index in [-0.39, 0.29) is 11.0 Å². The molecule has 0 radical (unpaired) electrons. The maximum atomic E-state index is 13.1. The Morgan fingerprint density at radius 3 is 2.83 bits per heavy atom. The summed E-state index contributed by atoms with van der Waals surface area (Å²) in [5.41, 5.74) is 1.09. The first-order valence-electron chi connectivity index (χ1n) is 5.10. The standard InChI is InChI=1S/C13H8ClFN2O/c1-8-2-3-10(15)6-11(8)18-13-5-9(7-16)4-12(14)17-13/h2-6H,1H3. The molecule has 2 rings (SSSR count). The first-order chi connectivity index (χ1) is 8.58. The summed E-state index contributed by atoms with van der Waals surface area (Å²) in [6.07, 6.45) is 0. The van der Waals surface area contributed by atoms with Crippen LogP contribution in [0.5, 0.6) is 11.6 Å². The fraction of sp³-hybridized carbons (Fsp3) is 0.0769. The predicted octanol–water partition coefficient (Wildman–Crippen LogP) is 3.85. The monoisotopic (exact) mass is 262 g/mol. The molecule has 0 bridgehead atoms. The molecule has 0 aliphatic carbocycles. The second-order valence-corrected chi connectivity index (χ2v) is 4.03. The molecule has 0 atom stereocenters. The molecule has 5 heteroatoms. The van der Waals surface area contributed by atoms with Gasteiger partial charge in [0.05, 0.1) is 11.6 Å². The van der Waals surface area contributed by atoms with Crippen LogP contribution in [-0.2, 0) is 0 Å². The van der Waals surface area contributed by atoms with Gasteiger partial charge in [-0.15, -0.1) is 0 Å². The van der Waals surface area contributed by atoms with Crippen LogP contribution in [0.1, 0.15) is 11.1 Å². The van der Waals surface area contributed by atoms with E-state index in [0.29, 0.717) is 11.3 Å². The molecule has 1 heterocycles. The number of ether oxygens (including phenoxy) is 1. The Balaban J connectivity index is 2.37. The van der Waals surface area contributed by atoms with Crippen molar-refractivity contribution in [2.45, 2.75) is 6.92 Å². The Labute approximate surface area is 108 Å². The lowest BCUT2D eigenvalue weighted by Gasteiger charge is -2.08. The minimum absolute atomic E-state index is 0.151. The third-order valence-corrected chi connectivity index (χ3v) is 2.46. The van der Waals surface area contributed by atoms with E-state index in [2.05, 4.69) is 4.98 Å². The first-order valence-corrected chi connectivity index (χ1v) is 5.48. The molecule has 0 aliphatic heterocycles. The van der Waals surface area contributed by atoms with E-state index in [4.69, 9.17) is 21.6 Å². The van der Waals surface area contributed by atoms with E-state index in [0.717, 1.165) is 5.56 Å². The highest BCUT2D eigenvalue weighted by molar-refractivity contribution is 6.29. The summed E-state index contributed by atoms with van der Waals surface area (Å²) >= 11 is 5.75. The van der Waals surface area contributed by atoms with E-state index < -0.39 is 5.82 Å². The van der Waals surface area contributed by atoms with Crippen LogP contribution in [0.4, 0.5) is 4.39 Å². The molecule has 1 aromatic carbocycles. The van der Waals surface area contributed by atoms with Crippen LogP contribution in [0, 0.1) is 24.1 Å². The van der Waals surface area contributed by atoms with Gasteiger partial charge in [-0.1, -0.05) is 17.7 Å². The fourth-order valence-electron chi connectivity index (χ4n) is 1.39. The van der Waals surface area contributed by atoms with Gasteiger partial charge in [0.15, 0.2) is 0 Å². The van der Waals surface area contributed by atoms with E-state index in [9.17, 15) is 4.39 Å². The van der Waals surface area contributed by atoms with Crippen LogP contribution in [0.15, 0.2) is 30.3 Å². The lowest BCUT2D eigenvalue weighted by molar-refractivity contribution is 0.454. The van der Waals surface area contributed by atoms with Crippen LogP contribution in [0.25, 0.3) is 0 Å². The van der Waals surface area contributed by atoms with E-state index >= 15 is 0 Å². The molecule has 0 aliphatic rings. The molecular weight excluding hydrogens is 255 g/mol. The summed E-state index contributed by atoms with van der Waals surface area (Å²) in [6.45, 7) is 1.78. The molecule has 18 heavy (non-hydrogen) atoms. The molecule has 0 N–H and O–H groups in total. The maximum Gasteiger partial charge on any atom is 0.221 e. The molecule has 3 nitrogen and oxygen atoms in total. The number of hydrogen-bond donors (Lipinski definition) is 0. The summed E-state index contributed by atoms with van der Waals surface area (Å²) in [7, 11) is 0. The second-order valence-electron chi connectivity index (χ2n) is 3.64. The van der Waals surface area contributed by atoms with Crippen LogP contribution in [0.2, 0.25) is 5.15 Å². The number of aryl methyl sites for hydroxylation is 1. The van der Waals surface area contributed by atoms with Gasteiger partial charge >= 0.3 is 0 Å². The SMILES string of the molecule is Cc1ccc(F)cc1Oc1cc(C#N)cc(Cl)n1. The Kier molecular flexibility index (Phi) is 3.45. The average molecular weight is 263 g/mol. The van der Waals surface area contributed by atoms with Crippen molar-refractivity contribution in [3.8, 4) is 17.7 Å². The second kappa shape index (κ2) is 5.03. The molecule has 1 aromatic heterocycles. The smallest absolute Gasteiger partial charge is 0.221 e. The summed E-state index contributed by atoms with van der Waals surface area (Å²) in [4.78, 5) is 3.92. The van der Waals surface area contributed by atoms with Crippen LogP contribution < -0.4 is 4.74 Å². The minimum Gasteiger partial charge on any atom is -0.439 e. The molecule has 0 fully saturated rings. The van der Waals surface area contributed by atoms with Crippen LogP contribution in [0.3, 0.4) is 0 Å². The van der Waals surface area contributed by atoms with Crippen molar-refractivity contribution >= 4 is 11.6 Å². The average Bonchev–Trinajstić information content (AvgIpc) is 2.33. The fourth-order valence-corrected chi connectivity index (χ4v) is 1.59. The Hall–Kier alpha value is -2.12. The van der Waals surface area contributed by atoms with Gasteiger partial charge in [0.1, 0.15) is 16.7 Å². The van der Waals surface area contributed by atoms with Gasteiger partial charge in [-0.25, -0.2) is 9.37 Å². The number of benzene rings is 1. The summed E-state index contributed by atoms with van der Waals surface area (Å²) in [5, 5.41) is 8.95. The number of nitriles is 1. The van der Waals surface area contributed by atoms with Crippen molar-refractivity contribution in [1.29, 1.82) is 5.26 Å². The third kappa shape index (κ3) is 2.76. The molecule has 0 spiro atoms. The van der Waals surface area contributed by atoms with Crippen molar-refractivity contribution < 1.29 is 9.13 Å². The van der Waals surface area contributed by atoms with Gasteiger partial charge in [0.2, 0.25) is 5.88 Å². The lowest BCUT2D eigenvalue weighted by Crippen LogP contribution is -1.92. The van der Waals surface area contributed by atoms with E-state index in [1.807, 2.05) is 6.07 Å². The van der Waals surface area contributed by atoms with Gasteiger partial charge in [-0.2, -0.15) is 5.26 Å². The number of rotatable bonds is 2. The highest BCUT2D eigenvalue weighted by Crippen LogP contribution is 2.26. The minimum atomic E-state index is -0.405. The lowest BCUT2D eigenvalue weighted by atomic mass is 10.2. The Bertz CT molecular complexity index is 637. The van der Waals surface area contributed by atoms with Crippen molar-refractivity contribution in [2.75, 3.05) is 0 Å². The zero-order valence-corrected chi connectivity index (χ0v) is 10.2. The van der Waals surface area contributed by atoms with Gasteiger partial charge in [0, 0.05) is 12.1 Å². The molecule has 0 saturated carbocycles. The maximum absolute atomic E-state index is 13.1. The van der Waals surface area contributed by atoms with Gasteiger partial charge in [-0.3, -0.25) is 0 Å². The van der Waals surface area contributed by atoms with E-state index in [1.165, 1.54) is 24.3 Å². The van der Waals surface area contributed by atoms with Crippen LogP contribution in [-0.4, -0.2) is 4.98 Å². The molecule has 0 unspecified atom stereocenters. The molecular formula is C13H8ClFN2O. The highest BCUT2D eigenvalue weighted by Gasteiger charge is 2.07. The molecule has 90 valence electrons. The van der Waals surface area contributed by atoms with Gasteiger partial charge in [-0.05, 0) is 24.6 Å². The highest BCUT2D eigenvalue weighted by atomic mass is 35.5. The van der Waals surface area contributed by atoms with Gasteiger partial charge in [0.25, 0.3) is 0 Å². The third-order valence-electron chi connectivity index (χ3n) is 2.26. The van der Waals surface area contributed by atoms with Crippen molar-refractivity contribution in [3.63, 3.8) is 0 Å². The van der Waals surface area contributed by atoms with Gasteiger partial charge < -0.3 is 4.74 Å². The number of nitrogens with zero attached hydrogens (tertiary/aromatic N) is 2. The molecule has 0 amide bonds. The predicted molar refractivity (Wildman–Crippen MR) is 65.2 cm³/mol. The first kappa shape index (κ1) is 12.3. The van der Waals surface area contributed by atoms with Crippen molar-refractivity contribution in [3.05, 3.63) is 52.4 Å². The number of aromatic nitrogens is 1. The number of pyridine rings is 1. The molecule has 2 aromatic rings. The number of hydrogen-bond acceptors (Lipinski definition) is 3. The Morgan fingerprint density at radius 1 is 1.33 bits per heavy atom. The largest absolute Gasteiger partial charge is 0.439 e. The van der Waals surface area contributed by atoms with Crippen molar-refractivity contribution in [1.82, 2.24) is 4.98 Å². The summed E-state index contributed by atoms with van der Waals surface area (Å²) in [6, 6.07) is 9.00.